The van der Waals surface area contributed by atoms with Crippen LogP contribution in [0.4, 0.5) is 4.79 Å². The molecule has 1 saturated heterocycles. The molecule has 2 atom stereocenters. The molecule has 3 N–H and O–H groups in total. The van der Waals surface area contributed by atoms with Gasteiger partial charge < -0.3 is 15.1 Å². The fourth-order valence-corrected chi connectivity index (χ4v) is 4.34. The summed E-state index contributed by atoms with van der Waals surface area (Å²) >= 11 is 1.31. The maximum Gasteiger partial charge on any atom is 0.324 e. The molecule has 2 rings (SSSR count). The van der Waals surface area contributed by atoms with Gasteiger partial charge in [-0.2, -0.15) is 11.8 Å². The average Bonchev–Trinajstić information content (AvgIpc) is 2.86. The van der Waals surface area contributed by atoms with Gasteiger partial charge in [-0.3, -0.25) is 14.9 Å². The maximum atomic E-state index is 12.0. The van der Waals surface area contributed by atoms with Gasteiger partial charge in [0, 0.05) is 6.54 Å². The molecule has 2 fully saturated rings. The van der Waals surface area contributed by atoms with Gasteiger partial charge in [0.2, 0.25) is 0 Å². The molecular formula is C17H28N2O5S. The van der Waals surface area contributed by atoms with Crippen molar-refractivity contribution >= 4 is 29.7 Å². The van der Waals surface area contributed by atoms with E-state index < -0.39 is 18.1 Å². The highest BCUT2D eigenvalue weighted by molar-refractivity contribution is 7.99. The third-order valence-corrected chi connectivity index (χ3v) is 6.05. The van der Waals surface area contributed by atoms with Crippen LogP contribution in [0.2, 0.25) is 0 Å². The molecule has 3 amide bonds. The van der Waals surface area contributed by atoms with Crippen LogP contribution >= 0.6 is 11.8 Å². The first-order chi connectivity index (χ1) is 12.0. The second-order valence-electron chi connectivity index (χ2n) is 6.85. The second-order valence-corrected chi connectivity index (χ2v) is 7.95. The van der Waals surface area contributed by atoms with Crippen molar-refractivity contribution in [1.29, 1.82) is 0 Å². The summed E-state index contributed by atoms with van der Waals surface area (Å²) < 4.78 is 0. The smallest absolute Gasteiger partial charge is 0.324 e. The van der Waals surface area contributed by atoms with Crippen molar-refractivity contribution in [1.82, 2.24) is 10.2 Å². The summed E-state index contributed by atoms with van der Waals surface area (Å²) in [5.41, 5.74) is 0. The van der Waals surface area contributed by atoms with Crippen molar-refractivity contribution in [3.63, 3.8) is 0 Å². The van der Waals surface area contributed by atoms with E-state index in [2.05, 4.69) is 5.32 Å². The number of imide groups is 1. The number of carbonyl (C=O) groups excluding carboxylic acids is 2. The number of amides is 3. The number of carboxylic acid groups (broad SMARTS) is 1. The number of nitrogens with zero attached hydrogens (tertiary/aromatic N) is 1. The molecule has 142 valence electrons. The topological polar surface area (TPSA) is 107 Å². The molecule has 1 aliphatic carbocycles. The number of carbonyl (C=O) groups is 3. The summed E-state index contributed by atoms with van der Waals surface area (Å²) in [6, 6.07) is -0.888. The molecule has 7 nitrogen and oxygen atoms in total. The number of aliphatic hydroxyl groups excluding tert-OH is 1. The van der Waals surface area contributed by atoms with Gasteiger partial charge in [0.15, 0.2) is 0 Å². The van der Waals surface area contributed by atoms with Crippen LogP contribution in [0.3, 0.4) is 0 Å². The third-order valence-electron chi connectivity index (χ3n) is 5.02. The zero-order valence-corrected chi connectivity index (χ0v) is 15.3. The molecule has 25 heavy (non-hydrogen) atoms. The summed E-state index contributed by atoms with van der Waals surface area (Å²) in [5, 5.41) is 21.3. The zero-order chi connectivity index (χ0) is 18.2. The van der Waals surface area contributed by atoms with Gasteiger partial charge in [-0.25, -0.2) is 4.79 Å². The lowest BCUT2D eigenvalue weighted by Gasteiger charge is -2.29. The molecule has 0 spiro atoms. The Morgan fingerprint density at radius 3 is 2.68 bits per heavy atom. The van der Waals surface area contributed by atoms with E-state index >= 15 is 0 Å². The first-order valence-electron chi connectivity index (χ1n) is 9.08. The number of nitrogens with one attached hydrogen (secondary N) is 1. The molecule has 0 aromatic heterocycles. The molecule has 2 aliphatic rings. The van der Waals surface area contributed by atoms with E-state index in [9.17, 15) is 19.5 Å². The van der Waals surface area contributed by atoms with Crippen molar-refractivity contribution in [3.8, 4) is 0 Å². The van der Waals surface area contributed by atoms with E-state index in [4.69, 9.17) is 5.11 Å². The molecule has 1 heterocycles. The molecular weight excluding hydrogens is 344 g/mol. The molecule has 0 aromatic rings. The van der Waals surface area contributed by atoms with Crippen LogP contribution < -0.4 is 5.32 Å². The minimum absolute atomic E-state index is 0.0487. The Hall–Kier alpha value is -1.28. The zero-order valence-electron chi connectivity index (χ0n) is 14.5. The fraction of sp³-hybridized carbons (Fsp3) is 0.824. The van der Waals surface area contributed by atoms with Crippen molar-refractivity contribution < 1.29 is 24.6 Å². The molecule has 1 aliphatic heterocycles. The summed E-state index contributed by atoms with van der Waals surface area (Å²) in [7, 11) is 0. The number of thioether (sulfide) groups is 1. The predicted octanol–water partition coefficient (Wildman–Crippen LogP) is 1.84. The van der Waals surface area contributed by atoms with E-state index in [1.165, 1.54) is 23.1 Å². The molecule has 8 heteroatoms. The van der Waals surface area contributed by atoms with Gasteiger partial charge in [0.05, 0.1) is 11.9 Å². The number of carboxylic acids is 1. The van der Waals surface area contributed by atoms with E-state index in [0.717, 1.165) is 25.7 Å². The maximum absolute atomic E-state index is 12.0. The Labute approximate surface area is 152 Å². The van der Waals surface area contributed by atoms with Crippen LogP contribution in [0.15, 0.2) is 0 Å². The van der Waals surface area contributed by atoms with Crippen molar-refractivity contribution in [3.05, 3.63) is 0 Å². The minimum atomic E-state index is -0.850. The van der Waals surface area contributed by atoms with Crippen molar-refractivity contribution in [2.24, 2.45) is 5.92 Å². The SMILES string of the molecule is O=C(O)CSCCCC1C(=O)NC(=O)N1CCC(O)C1CCCCC1. The van der Waals surface area contributed by atoms with Gasteiger partial charge in [0.25, 0.3) is 5.91 Å². The molecule has 0 aromatic carbocycles. The number of aliphatic carboxylic acids is 1. The number of hydrogen-bond acceptors (Lipinski definition) is 5. The largest absolute Gasteiger partial charge is 0.481 e. The Bertz CT molecular complexity index is 482. The molecule has 0 bridgehead atoms. The standard InChI is InChI=1S/C17H28N2O5S/c20-14(12-5-2-1-3-6-12)8-9-19-13(16(23)18-17(19)24)7-4-10-25-11-15(21)22/h12-14,20H,1-11H2,(H,21,22)(H,18,23,24). The van der Waals surface area contributed by atoms with Gasteiger partial charge in [-0.15, -0.1) is 0 Å². The number of rotatable bonds is 10. The van der Waals surface area contributed by atoms with Crippen LogP contribution in [-0.4, -0.2) is 63.2 Å². The summed E-state index contributed by atoms with van der Waals surface area (Å²) in [5.74, 6) is -0.144. The van der Waals surface area contributed by atoms with Crippen LogP contribution in [0.25, 0.3) is 0 Å². The average molecular weight is 372 g/mol. The lowest BCUT2D eigenvalue weighted by atomic mass is 9.84. The summed E-state index contributed by atoms with van der Waals surface area (Å²) in [6.07, 6.45) is 6.88. The van der Waals surface area contributed by atoms with Crippen LogP contribution in [0, 0.1) is 5.92 Å². The van der Waals surface area contributed by atoms with Gasteiger partial charge >= 0.3 is 12.0 Å². The Morgan fingerprint density at radius 1 is 1.28 bits per heavy atom. The van der Waals surface area contributed by atoms with Crippen LogP contribution in [0.5, 0.6) is 0 Å². The third kappa shape index (κ3) is 6.18. The normalized spacial score (nSPS) is 22.9. The second kappa shape index (κ2) is 10.0. The summed E-state index contributed by atoms with van der Waals surface area (Å²) in [4.78, 5) is 36.0. The highest BCUT2D eigenvalue weighted by Crippen LogP contribution is 2.28. The van der Waals surface area contributed by atoms with Crippen LogP contribution in [-0.2, 0) is 9.59 Å². The number of urea groups is 1. The Balaban J connectivity index is 1.76. The van der Waals surface area contributed by atoms with E-state index in [-0.39, 0.29) is 17.7 Å². The fourth-order valence-electron chi connectivity index (χ4n) is 3.65. The van der Waals surface area contributed by atoms with Gasteiger partial charge in [-0.05, 0) is 43.8 Å². The molecule has 2 unspecified atom stereocenters. The van der Waals surface area contributed by atoms with Crippen molar-refractivity contribution in [2.45, 2.75) is 63.5 Å². The predicted molar refractivity (Wildman–Crippen MR) is 95.4 cm³/mol. The van der Waals surface area contributed by atoms with Crippen molar-refractivity contribution in [2.75, 3.05) is 18.1 Å². The number of aliphatic hydroxyl groups is 1. The quantitative estimate of drug-likeness (QED) is 0.399. The monoisotopic (exact) mass is 372 g/mol. The lowest BCUT2D eigenvalue weighted by Crippen LogP contribution is -2.38. The van der Waals surface area contributed by atoms with Crippen LogP contribution in [0.1, 0.15) is 51.4 Å². The first-order valence-corrected chi connectivity index (χ1v) is 10.2. The van der Waals surface area contributed by atoms with Gasteiger partial charge in [0.1, 0.15) is 6.04 Å². The van der Waals surface area contributed by atoms with E-state index in [1.807, 2.05) is 0 Å². The Kier molecular flexibility index (Phi) is 8.02. The summed E-state index contributed by atoms with van der Waals surface area (Å²) in [6.45, 7) is 0.377. The van der Waals surface area contributed by atoms with Gasteiger partial charge in [-0.1, -0.05) is 19.3 Å². The first kappa shape index (κ1) is 20.0. The number of hydrogen-bond donors (Lipinski definition) is 3. The highest BCUT2D eigenvalue weighted by atomic mass is 32.2. The minimum Gasteiger partial charge on any atom is -0.481 e. The molecule has 1 saturated carbocycles. The molecule has 0 radical (unpaired) electrons. The highest BCUT2D eigenvalue weighted by Gasteiger charge is 2.38. The van der Waals surface area contributed by atoms with E-state index in [1.54, 1.807) is 0 Å². The lowest BCUT2D eigenvalue weighted by molar-refractivity contribution is -0.134. The Morgan fingerprint density at radius 2 is 2.00 bits per heavy atom. The van der Waals surface area contributed by atoms with E-state index in [0.29, 0.717) is 37.5 Å².